The van der Waals surface area contributed by atoms with Crippen molar-refractivity contribution in [2.24, 2.45) is 5.41 Å². The summed E-state index contributed by atoms with van der Waals surface area (Å²) in [5.41, 5.74) is 1.10. The predicted molar refractivity (Wildman–Crippen MR) is 119 cm³/mol. The molecule has 1 N–H and O–H groups in total. The van der Waals surface area contributed by atoms with Gasteiger partial charge in [-0.3, -0.25) is 9.69 Å². The maximum absolute atomic E-state index is 12.9. The minimum Gasteiger partial charge on any atom is -0.369 e. The number of piperidine rings is 1. The number of nitrogens with zero attached hydrogens (tertiary/aromatic N) is 4. The van der Waals surface area contributed by atoms with Crippen LogP contribution in [-0.2, 0) is 9.53 Å². The predicted octanol–water partition coefficient (Wildman–Crippen LogP) is 3.61. The third-order valence-electron chi connectivity index (χ3n) is 5.72. The lowest BCUT2D eigenvalue weighted by molar-refractivity contribution is -0.137. The second-order valence-electron chi connectivity index (χ2n) is 9.03. The maximum Gasteiger partial charge on any atom is 0.236 e. The van der Waals surface area contributed by atoms with E-state index in [-0.39, 0.29) is 17.4 Å². The summed E-state index contributed by atoms with van der Waals surface area (Å²) in [6.07, 6.45) is 3.99. The Kier molecular flexibility index (Phi) is 6.36. The van der Waals surface area contributed by atoms with Gasteiger partial charge in [-0.05, 0) is 37.3 Å². The molecule has 4 rings (SSSR count). The monoisotopic (exact) mass is 429 g/mol. The Bertz CT molecular complexity index is 884. The fraction of sp³-hybridized carbons (Fsp3) is 0.591. The van der Waals surface area contributed by atoms with E-state index in [0.29, 0.717) is 19.7 Å². The molecule has 0 bridgehead atoms. The first kappa shape index (κ1) is 21.2. The number of aromatic nitrogens is 2. The Balaban J connectivity index is 1.37. The largest absolute Gasteiger partial charge is 0.369 e. The van der Waals surface area contributed by atoms with E-state index in [0.717, 1.165) is 47.6 Å². The lowest BCUT2D eigenvalue weighted by Gasteiger charge is -2.39. The molecule has 0 aliphatic carbocycles. The second kappa shape index (κ2) is 8.99. The SMILES string of the molecule is Cc1cnc(Nc2cccc(C3CN(CC(=O)N4CCCC(C)(C)C4)CCO3)n2)s1. The number of aryl methyl sites for hydroxylation is 1. The van der Waals surface area contributed by atoms with Gasteiger partial charge in [-0.15, -0.1) is 11.3 Å². The van der Waals surface area contributed by atoms with Crippen LogP contribution in [0.15, 0.2) is 24.4 Å². The fourth-order valence-electron chi connectivity index (χ4n) is 4.17. The molecular formula is C22H31N5O2S. The van der Waals surface area contributed by atoms with Gasteiger partial charge in [0.1, 0.15) is 11.9 Å². The molecule has 2 aliphatic rings. The van der Waals surface area contributed by atoms with Gasteiger partial charge in [0.25, 0.3) is 0 Å². The van der Waals surface area contributed by atoms with Crippen molar-refractivity contribution < 1.29 is 9.53 Å². The van der Waals surface area contributed by atoms with Crippen LogP contribution in [0.25, 0.3) is 0 Å². The number of amides is 1. The van der Waals surface area contributed by atoms with Crippen LogP contribution in [-0.4, -0.2) is 65.0 Å². The lowest BCUT2D eigenvalue weighted by Crippen LogP contribution is -2.49. The van der Waals surface area contributed by atoms with Crippen LogP contribution in [0, 0.1) is 12.3 Å². The molecule has 2 aromatic rings. The van der Waals surface area contributed by atoms with Crippen molar-refractivity contribution in [3.8, 4) is 0 Å². The maximum atomic E-state index is 12.9. The zero-order valence-corrected chi connectivity index (χ0v) is 18.9. The van der Waals surface area contributed by atoms with Crippen molar-refractivity contribution in [2.75, 3.05) is 44.6 Å². The molecule has 0 radical (unpaired) electrons. The zero-order valence-electron chi connectivity index (χ0n) is 18.1. The third kappa shape index (κ3) is 5.36. The molecule has 2 saturated heterocycles. The topological polar surface area (TPSA) is 70.6 Å². The first-order valence-corrected chi connectivity index (χ1v) is 11.5. The molecule has 30 heavy (non-hydrogen) atoms. The summed E-state index contributed by atoms with van der Waals surface area (Å²) in [7, 11) is 0. The number of carbonyl (C=O) groups is 1. The summed E-state index contributed by atoms with van der Waals surface area (Å²) in [6, 6.07) is 5.90. The Morgan fingerprint density at radius 2 is 2.23 bits per heavy atom. The first-order chi connectivity index (χ1) is 14.4. The van der Waals surface area contributed by atoms with Crippen LogP contribution < -0.4 is 5.32 Å². The quantitative estimate of drug-likeness (QED) is 0.783. The van der Waals surface area contributed by atoms with Crippen molar-refractivity contribution in [1.29, 1.82) is 0 Å². The number of likely N-dealkylation sites (tertiary alicyclic amines) is 1. The Morgan fingerprint density at radius 1 is 1.37 bits per heavy atom. The van der Waals surface area contributed by atoms with E-state index in [4.69, 9.17) is 9.72 Å². The molecule has 2 aliphatic heterocycles. The Labute approximate surface area is 182 Å². The van der Waals surface area contributed by atoms with Crippen LogP contribution in [0.2, 0.25) is 0 Å². The van der Waals surface area contributed by atoms with Crippen molar-refractivity contribution in [1.82, 2.24) is 19.8 Å². The van der Waals surface area contributed by atoms with Crippen LogP contribution in [0.5, 0.6) is 0 Å². The normalized spacial score (nSPS) is 22.1. The number of rotatable bonds is 5. The van der Waals surface area contributed by atoms with E-state index >= 15 is 0 Å². The number of nitrogens with one attached hydrogen (secondary N) is 1. The molecule has 1 unspecified atom stereocenters. The third-order valence-corrected chi connectivity index (χ3v) is 6.55. The number of hydrogen-bond donors (Lipinski definition) is 1. The highest BCUT2D eigenvalue weighted by atomic mass is 32.1. The molecule has 2 aromatic heterocycles. The van der Waals surface area contributed by atoms with Crippen LogP contribution in [0.4, 0.5) is 10.9 Å². The minimum absolute atomic E-state index is 0.135. The number of morpholine rings is 1. The van der Waals surface area contributed by atoms with Gasteiger partial charge < -0.3 is 15.0 Å². The summed E-state index contributed by atoms with van der Waals surface area (Å²) in [6.45, 7) is 10.8. The molecule has 162 valence electrons. The first-order valence-electron chi connectivity index (χ1n) is 10.7. The smallest absolute Gasteiger partial charge is 0.236 e. The van der Waals surface area contributed by atoms with Crippen molar-refractivity contribution in [3.63, 3.8) is 0 Å². The van der Waals surface area contributed by atoms with Crippen molar-refractivity contribution >= 4 is 28.2 Å². The molecule has 1 amide bonds. The van der Waals surface area contributed by atoms with Gasteiger partial charge in [0, 0.05) is 37.3 Å². The minimum atomic E-state index is -0.135. The van der Waals surface area contributed by atoms with E-state index < -0.39 is 0 Å². The second-order valence-corrected chi connectivity index (χ2v) is 10.3. The van der Waals surface area contributed by atoms with Gasteiger partial charge >= 0.3 is 0 Å². The number of thiazole rings is 1. The molecular weight excluding hydrogens is 398 g/mol. The summed E-state index contributed by atoms with van der Waals surface area (Å²) in [5, 5.41) is 4.10. The standard InChI is InChI=1S/C22H31N5O2S/c1-16-12-23-21(30-16)25-19-7-4-6-17(24-19)18-13-26(10-11-29-18)14-20(28)27-9-5-8-22(2,3)15-27/h4,6-7,12,18H,5,8-11,13-15H2,1-3H3,(H,23,24,25). The van der Waals surface area contributed by atoms with Gasteiger partial charge in [0.2, 0.25) is 5.91 Å². The van der Waals surface area contributed by atoms with E-state index in [1.165, 1.54) is 6.42 Å². The van der Waals surface area contributed by atoms with Crippen LogP contribution in [0.1, 0.15) is 43.4 Å². The Morgan fingerprint density at radius 3 is 3.00 bits per heavy atom. The van der Waals surface area contributed by atoms with Gasteiger partial charge in [-0.25, -0.2) is 9.97 Å². The molecule has 2 fully saturated rings. The molecule has 1 atom stereocenters. The van der Waals surface area contributed by atoms with Gasteiger partial charge in [-0.2, -0.15) is 0 Å². The van der Waals surface area contributed by atoms with Gasteiger partial charge in [0.15, 0.2) is 5.13 Å². The number of ether oxygens (including phenoxy) is 1. The Hall–Kier alpha value is -2.03. The summed E-state index contributed by atoms with van der Waals surface area (Å²) in [4.78, 5) is 27.3. The average molecular weight is 430 g/mol. The molecule has 0 spiro atoms. The zero-order chi connectivity index (χ0) is 21.1. The fourth-order valence-corrected chi connectivity index (χ4v) is 4.85. The van der Waals surface area contributed by atoms with E-state index in [9.17, 15) is 4.79 Å². The molecule has 0 saturated carbocycles. The van der Waals surface area contributed by atoms with Gasteiger partial charge in [-0.1, -0.05) is 19.9 Å². The van der Waals surface area contributed by atoms with E-state index in [1.807, 2.05) is 36.2 Å². The lowest BCUT2D eigenvalue weighted by atomic mass is 9.84. The average Bonchev–Trinajstić information content (AvgIpc) is 3.12. The summed E-state index contributed by atoms with van der Waals surface area (Å²) < 4.78 is 5.99. The van der Waals surface area contributed by atoms with Gasteiger partial charge in [0.05, 0.1) is 18.8 Å². The summed E-state index contributed by atoms with van der Waals surface area (Å²) >= 11 is 1.60. The van der Waals surface area contributed by atoms with Crippen LogP contribution in [0.3, 0.4) is 0 Å². The van der Waals surface area contributed by atoms with Crippen molar-refractivity contribution in [2.45, 2.75) is 39.7 Å². The molecule has 4 heterocycles. The van der Waals surface area contributed by atoms with E-state index in [1.54, 1.807) is 11.3 Å². The number of pyridine rings is 1. The highest BCUT2D eigenvalue weighted by molar-refractivity contribution is 7.15. The number of hydrogen-bond acceptors (Lipinski definition) is 7. The number of anilines is 2. The number of carbonyl (C=O) groups excluding carboxylic acids is 1. The van der Waals surface area contributed by atoms with Crippen LogP contribution >= 0.6 is 11.3 Å². The van der Waals surface area contributed by atoms with Crippen molar-refractivity contribution in [3.05, 3.63) is 35.0 Å². The molecule has 0 aromatic carbocycles. The molecule has 7 nitrogen and oxygen atoms in total. The van der Waals surface area contributed by atoms with E-state index in [2.05, 4.69) is 29.0 Å². The highest BCUT2D eigenvalue weighted by Crippen LogP contribution is 2.29. The highest BCUT2D eigenvalue weighted by Gasteiger charge is 2.31. The summed E-state index contributed by atoms with van der Waals surface area (Å²) in [5.74, 6) is 0.986. The molecule has 8 heteroatoms.